The van der Waals surface area contributed by atoms with Gasteiger partial charge >= 0.3 is 0 Å². The third kappa shape index (κ3) is 3.11. The predicted octanol–water partition coefficient (Wildman–Crippen LogP) is 4.38. The molecule has 0 heterocycles. The van der Waals surface area contributed by atoms with Gasteiger partial charge < -0.3 is 14.8 Å². The Labute approximate surface area is 143 Å². The Hall–Kier alpha value is -2.07. The summed E-state index contributed by atoms with van der Waals surface area (Å²) in [4.78, 5) is 12.8. The Morgan fingerprint density at radius 2 is 1.92 bits per heavy atom. The van der Waals surface area contributed by atoms with Crippen molar-refractivity contribution in [1.29, 1.82) is 0 Å². The Kier molecular flexibility index (Phi) is 4.76. The molecule has 1 aliphatic rings. The zero-order valence-electron chi connectivity index (χ0n) is 14.6. The third-order valence-corrected chi connectivity index (χ3v) is 4.83. The molecule has 4 heteroatoms. The number of hydrogen-bond acceptors (Lipinski definition) is 3. The SMILES string of the molecule is CCCOc1ccc(NC(=O)[C@@](C)(OC)C2CC2)c2ccccc12. The highest BCUT2D eigenvalue weighted by Crippen LogP contribution is 2.42. The molecule has 0 aromatic heterocycles. The number of carbonyl (C=O) groups excluding carboxylic acids is 1. The van der Waals surface area contributed by atoms with Crippen molar-refractivity contribution in [3.63, 3.8) is 0 Å². The smallest absolute Gasteiger partial charge is 0.256 e. The summed E-state index contributed by atoms with van der Waals surface area (Å²) in [7, 11) is 1.61. The number of fused-ring (bicyclic) bond motifs is 1. The first-order chi connectivity index (χ1) is 11.6. The van der Waals surface area contributed by atoms with Crippen LogP contribution in [0.5, 0.6) is 5.75 Å². The quantitative estimate of drug-likeness (QED) is 0.821. The summed E-state index contributed by atoms with van der Waals surface area (Å²) in [6.07, 6.45) is 3.05. The molecule has 0 saturated heterocycles. The van der Waals surface area contributed by atoms with E-state index in [0.717, 1.165) is 41.5 Å². The third-order valence-electron chi connectivity index (χ3n) is 4.83. The molecule has 1 saturated carbocycles. The second-order valence-corrected chi connectivity index (χ2v) is 6.54. The van der Waals surface area contributed by atoms with Crippen molar-refractivity contribution in [1.82, 2.24) is 0 Å². The van der Waals surface area contributed by atoms with Gasteiger partial charge in [-0.25, -0.2) is 0 Å². The summed E-state index contributed by atoms with van der Waals surface area (Å²) >= 11 is 0. The maximum Gasteiger partial charge on any atom is 0.256 e. The lowest BCUT2D eigenvalue weighted by molar-refractivity contribution is -0.138. The van der Waals surface area contributed by atoms with Crippen molar-refractivity contribution in [2.24, 2.45) is 5.92 Å². The van der Waals surface area contributed by atoms with Crippen LogP contribution in [-0.4, -0.2) is 25.2 Å². The molecule has 2 aromatic rings. The van der Waals surface area contributed by atoms with Crippen LogP contribution in [0.1, 0.15) is 33.1 Å². The van der Waals surface area contributed by atoms with Crippen molar-refractivity contribution in [3.05, 3.63) is 36.4 Å². The van der Waals surface area contributed by atoms with Gasteiger partial charge in [-0.2, -0.15) is 0 Å². The van der Waals surface area contributed by atoms with Gasteiger partial charge in [-0.1, -0.05) is 31.2 Å². The normalized spacial score (nSPS) is 16.6. The summed E-state index contributed by atoms with van der Waals surface area (Å²) in [5, 5.41) is 5.05. The summed E-state index contributed by atoms with van der Waals surface area (Å²) in [6.45, 7) is 4.64. The maximum absolute atomic E-state index is 12.8. The number of methoxy groups -OCH3 is 1. The minimum absolute atomic E-state index is 0.0834. The number of rotatable bonds is 7. The van der Waals surface area contributed by atoms with E-state index in [2.05, 4.69) is 12.2 Å². The van der Waals surface area contributed by atoms with Gasteiger partial charge in [-0.3, -0.25) is 4.79 Å². The lowest BCUT2D eigenvalue weighted by Crippen LogP contribution is -2.44. The number of hydrogen-bond donors (Lipinski definition) is 1. The lowest BCUT2D eigenvalue weighted by Gasteiger charge is -2.27. The van der Waals surface area contributed by atoms with E-state index in [-0.39, 0.29) is 5.91 Å². The average Bonchev–Trinajstić information content (AvgIpc) is 3.45. The zero-order valence-corrected chi connectivity index (χ0v) is 14.6. The Balaban J connectivity index is 1.91. The fourth-order valence-electron chi connectivity index (χ4n) is 3.04. The molecule has 1 aliphatic carbocycles. The number of benzene rings is 2. The van der Waals surface area contributed by atoms with Crippen molar-refractivity contribution in [2.75, 3.05) is 19.0 Å². The van der Waals surface area contributed by atoms with E-state index in [1.54, 1.807) is 7.11 Å². The summed E-state index contributed by atoms with van der Waals surface area (Å²) in [6, 6.07) is 11.8. The molecular formula is C20H25NO3. The van der Waals surface area contributed by atoms with Crippen LogP contribution in [0.4, 0.5) is 5.69 Å². The largest absolute Gasteiger partial charge is 0.493 e. The zero-order chi connectivity index (χ0) is 17.2. The number of ether oxygens (including phenoxy) is 2. The topological polar surface area (TPSA) is 47.6 Å². The van der Waals surface area contributed by atoms with E-state index in [1.165, 1.54) is 0 Å². The molecule has 1 atom stereocenters. The molecule has 0 unspecified atom stereocenters. The molecule has 0 radical (unpaired) electrons. The van der Waals surface area contributed by atoms with E-state index in [0.29, 0.717) is 12.5 Å². The molecule has 0 aliphatic heterocycles. The first kappa shape index (κ1) is 16.8. The van der Waals surface area contributed by atoms with Crippen molar-refractivity contribution >= 4 is 22.4 Å². The fourth-order valence-corrected chi connectivity index (χ4v) is 3.04. The van der Waals surface area contributed by atoms with Crippen LogP contribution in [0.15, 0.2) is 36.4 Å². The highest BCUT2D eigenvalue weighted by atomic mass is 16.5. The summed E-state index contributed by atoms with van der Waals surface area (Å²) < 4.78 is 11.4. The van der Waals surface area contributed by atoms with Gasteiger partial charge in [0.15, 0.2) is 0 Å². The number of carbonyl (C=O) groups is 1. The van der Waals surface area contributed by atoms with Crippen LogP contribution in [0.25, 0.3) is 10.8 Å². The van der Waals surface area contributed by atoms with Crippen molar-refractivity contribution < 1.29 is 14.3 Å². The van der Waals surface area contributed by atoms with E-state index in [4.69, 9.17) is 9.47 Å². The van der Waals surface area contributed by atoms with Gasteiger partial charge in [-0.15, -0.1) is 0 Å². The lowest BCUT2D eigenvalue weighted by atomic mass is 9.98. The van der Waals surface area contributed by atoms with Crippen LogP contribution < -0.4 is 10.1 Å². The molecule has 2 aromatic carbocycles. The Bertz CT molecular complexity index is 739. The molecule has 128 valence electrons. The molecule has 1 amide bonds. The molecule has 3 rings (SSSR count). The molecule has 0 spiro atoms. The van der Waals surface area contributed by atoms with Crippen LogP contribution >= 0.6 is 0 Å². The first-order valence-electron chi connectivity index (χ1n) is 8.61. The van der Waals surface area contributed by atoms with Gasteiger partial charge in [0.2, 0.25) is 0 Å². The van der Waals surface area contributed by atoms with Gasteiger partial charge in [0.05, 0.1) is 6.61 Å². The second-order valence-electron chi connectivity index (χ2n) is 6.54. The summed E-state index contributed by atoms with van der Waals surface area (Å²) in [5.41, 5.74) is 0.0294. The van der Waals surface area contributed by atoms with Gasteiger partial charge in [0.25, 0.3) is 5.91 Å². The average molecular weight is 327 g/mol. The molecule has 24 heavy (non-hydrogen) atoms. The highest BCUT2D eigenvalue weighted by molar-refractivity contribution is 6.06. The highest BCUT2D eigenvalue weighted by Gasteiger charge is 2.47. The maximum atomic E-state index is 12.8. The molecular weight excluding hydrogens is 302 g/mol. The molecule has 1 fully saturated rings. The monoisotopic (exact) mass is 327 g/mol. The van der Waals surface area contributed by atoms with Crippen molar-refractivity contribution in [3.8, 4) is 5.75 Å². The van der Waals surface area contributed by atoms with E-state index < -0.39 is 5.60 Å². The number of amides is 1. The standard InChI is InChI=1S/C20H25NO3/c1-4-13-24-18-12-11-17(15-7-5-6-8-16(15)18)21-19(22)20(2,23-3)14-9-10-14/h5-8,11-12,14H,4,9-10,13H2,1-3H3,(H,21,22)/t20-/m0/s1. The van der Waals surface area contributed by atoms with Crippen LogP contribution in [-0.2, 0) is 9.53 Å². The van der Waals surface area contributed by atoms with Crippen LogP contribution in [0.2, 0.25) is 0 Å². The Morgan fingerprint density at radius 3 is 2.54 bits per heavy atom. The van der Waals surface area contributed by atoms with Gasteiger partial charge in [-0.05, 0) is 44.2 Å². The van der Waals surface area contributed by atoms with E-state index in [1.807, 2.05) is 43.3 Å². The molecule has 0 bridgehead atoms. The van der Waals surface area contributed by atoms with Crippen molar-refractivity contribution in [2.45, 2.75) is 38.7 Å². The number of nitrogens with one attached hydrogen (secondary N) is 1. The van der Waals surface area contributed by atoms with Crippen LogP contribution in [0, 0.1) is 5.92 Å². The minimum atomic E-state index is -0.765. The van der Waals surface area contributed by atoms with Crippen LogP contribution in [0.3, 0.4) is 0 Å². The Morgan fingerprint density at radius 1 is 1.21 bits per heavy atom. The van der Waals surface area contributed by atoms with E-state index in [9.17, 15) is 4.79 Å². The first-order valence-corrected chi connectivity index (χ1v) is 8.61. The van der Waals surface area contributed by atoms with Gasteiger partial charge in [0.1, 0.15) is 11.4 Å². The molecule has 1 N–H and O–H groups in total. The summed E-state index contributed by atoms with van der Waals surface area (Å²) in [5.74, 6) is 1.07. The van der Waals surface area contributed by atoms with E-state index >= 15 is 0 Å². The minimum Gasteiger partial charge on any atom is -0.493 e. The van der Waals surface area contributed by atoms with Gasteiger partial charge in [0, 0.05) is 23.6 Å². The second kappa shape index (κ2) is 6.81. The fraction of sp³-hybridized carbons (Fsp3) is 0.450. The molecule has 4 nitrogen and oxygen atoms in total. The predicted molar refractivity (Wildman–Crippen MR) is 96.5 cm³/mol. The number of anilines is 1.